The zero-order valence-electron chi connectivity index (χ0n) is 13.0. The van der Waals surface area contributed by atoms with Gasteiger partial charge in [0.1, 0.15) is 11.9 Å². The van der Waals surface area contributed by atoms with E-state index in [1.165, 1.54) is 11.3 Å². The molecule has 24 heavy (non-hydrogen) atoms. The van der Waals surface area contributed by atoms with Crippen LogP contribution in [0, 0.1) is 0 Å². The fourth-order valence-corrected chi connectivity index (χ4v) is 2.70. The van der Waals surface area contributed by atoms with Gasteiger partial charge in [0, 0.05) is 5.69 Å². The summed E-state index contributed by atoms with van der Waals surface area (Å²) in [7, 11) is 0. The van der Waals surface area contributed by atoms with Gasteiger partial charge in [0.2, 0.25) is 5.13 Å². The summed E-state index contributed by atoms with van der Waals surface area (Å²) in [4.78, 5) is 11.9. The average molecular weight is 340 g/mol. The fraction of sp³-hybridized carbons (Fsp3) is 0.118. The number of ether oxygens (including phenoxy) is 1. The van der Waals surface area contributed by atoms with Gasteiger partial charge >= 0.3 is 6.03 Å². The van der Waals surface area contributed by atoms with Crippen LogP contribution in [-0.2, 0) is 0 Å². The van der Waals surface area contributed by atoms with Gasteiger partial charge in [-0.25, -0.2) is 4.79 Å². The zero-order chi connectivity index (χ0) is 16.8. The van der Waals surface area contributed by atoms with Crippen LogP contribution in [0.5, 0.6) is 5.75 Å². The number of para-hydroxylation sites is 2. The fourth-order valence-electron chi connectivity index (χ4n) is 1.98. The third-order valence-corrected chi connectivity index (χ3v) is 4.10. The molecule has 7 heteroatoms. The standard InChI is InChI=1S/C17H16N4O2S/c1-12(23-14-10-6-3-7-11-14)15-20-21-17(24-15)19-16(22)18-13-8-4-2-5-9-13/h2-12H,1H3,(H2,18,19,21,22)/t12-/m1/s1. The van der Waals surface area contributed by atoms with Gasteiger partial charge in [0.05, 0.1) is 0 Å². The Morgan fingerprint density at radius 3 is 2.38 bits per heavy atom. The molecule has 3 aromatic rings. The van der Waals surface area contributed by atoms with Crippen molar-refractivity contribution in [2.24, 2.45) is 0 Å². The second kappa shape index (κ2) is 7.56. The number of carbonyl (C=O) groups is 1. The van der Waals surface area contributed by atoms with Crippen molar-refractivity contribution in [2.75, 3.05) is 10.6 Å². The van der Waals surface area contributed by atoms with Crippen molar-refractivity contribution >= 4 is 28.2 Å². The van der Waals surface area contributed by atoms with Gasteiger partial charge in [-0.3, -0.25) is 5.32 Å². The number of hydrogen-bond donors (Lipinski definition) is 2. The van der Waals surface area contributed by atoms with E-state index in [1.807, 2.05) is 55.5 Å². The number of carbonyl (C=O) groups excluding carboxylic acids is 1. The lowest BCUT2D eigenvalue weighted by Crippen LogP contribution is -2.19. The van der Waals surface area contributed by atoms with Crippen molar-refractivity contribution in [1.82, 2.24) is 10.2 Å². The summed E-state index contributed by atoms with van der Waals surface area (Å²) < 4.78 is 5.79. The molecule has 2 aromatic carbocycles. The van der Waals surface area contributed by atoms with Crippen LogP contribution >= 0.6 is 11.3 Å². The largest absolute Gasteiger partial charge is 0.483 e. The van der Waals surface area contributed by atoms with E-state index in [-0.39, 0.29) is 12.1 Å². The van der Waals surface area contributed by atoms with Crippen LogP contribution in [0.3, 0.4) is 0 Å². The highest BCUT2D eigenvalue weighted by Crippen LogP contribution is 2.26. The summed E-state index contributed by atoms with van der Waals surface area (Å²) in [5.41, 5.74) is 0.709. The Labute approximate surface area is 143 Å². The summed E-state index contributed by atoms with van der Waals surface area (Å²) >= 11 is 1.28. The molecule has 122 valence electrons. The molecule has 3 rings (SSSR count). The second-order valence-corrected chi connectivity index (χ2v) is 5.97. The average Bonchev–Trinajstić information content (AvgIpc) is 3.05. The van der Waals surface area contributed by atoms with E-state index >= 15 is 0 Å². The van der Waals surface area contributed by atoms with Crippen LogP contribution in [0.4, 0.5) is 15.6 Å². The third kappa shape index (κ3) is 4.30. The lowest BCUT2D eigenvalue weighted by atomic mass is 10.3. The number of rotatable bonds is 5. The molecule has 2 N–H and O–H groups in total. The van der Waals surface area contributed by atoms with Crippen molar-refractivity contribution in [1.29, 1.82) is 0 Å². The lowest BCUT2D eigenvalue weighted by molar-refractivity contribution is 0.225. The minimum atomic E-state index is -0.361. The molecule has 1 aromatic heterocycles. The molecule has 2 amide bonds. The first-order valence-electron chi connectivity index (χ1n) is 7.39. The van der Waals surface area contributed by atoms with Crippen molar-refractivity contribution in [2.45, 2.75) is 13.0 Å². The molecule has 1 atom stereocenters. The predicted octanol–water partition coefficient (Wildman–Crippen LogP) is 4.32. The molecule has 0 saturated carbocycles. The van der Waals surface area contributed by atoms with Gasteiger partial charge in [-0.2, -0.15) is 0 Å². The Bertz CT molecular complexity index is 793. The first-order chi connectivity index (χ1) is 11.7. The predicted molar refractivity (Wildman–Crippen MR) is 94.5 cm³/mol. The Morgan fingerprint density at radius 2 is 1.67 bits per heavy atom. The van der Waals surface area contributed by atoms with E-state index in [0.29, 0.717) is 15.8 Å². The van der Waals surface area contributed by atoms with Gasteiger partial charge in [0.25, 0.3) is 0 Å². The molecular formula is C17H16N4O2S. The molecule has 0 saturated heterocycles. The lowest BCUT2D eigenvalue weighted by Gasteiger charge is -2.11. The van der Waals surface area contributed by atoms with Crippen LogP contribution in [0.2, 0.25) is 0 Å². The monoisotopic (exact) mass is 340 g/mol. The molecular weight excluding hydrogens is 324 g/mol. The second-order valence-electron chi connectivity index (χ2n) is 4.96. The number of hydrogen-bond acceptors (Lipinski definition) is 5. The van der Waals surface area contributed by atoms with Crippen molar-refractivity contribution in [3.8, 4) is 5.75 Å². The van der Waals surface area contributed by atoms with Gasteiger partial charge in [-0.15, -0.1) is 10.2 Å². The molecule has 0 spiro atoms. The van der Waals surface area contributed by atoms with E-state index in [1.54, 1.807) is 12.1 Å². The number of anilines is 2. The van der Waals surface area contributed by atoms with E-state index in [4.69, 9.17) is 4.74 Å². The molecule has 0 aliphatic carbocycles. The molecule has 0 aliphatic rings. The molecule has 0 bridgehead atoms. The number of nitrogens with zero attached hydrogens (tertiary/aromatic N) is 2. The van der Waals surface area contributed by atoms with Crippen molar-refractivity contribution in [3.05, 3.63) is 65.7 Å². The Hall–Kier alpha value is -2.93. The van der Waals surface area contributed by atoms with E-state index in [2.05, 4.69) is 20.8 Å². The SMILES string of the molecule is C[C@@H](Oc1ccccc1)c1nnc(NC(=O)Nc2ccccc2)s1. The van der Waals surface area contributed by atoms with Crippen molar-refractivity contribution < 1.29 is 9.53 Å². The molecule has 0 radical (unpaired) electrons. The highest BCUT2D eigenvalue weighted by atomic mass is 32.1. The molecule has 6 nitrogen and oxygen atoms in total. The smallest absolute Gasteiger partial charge is 0.325 e. The number of aromatic nitrogens is 2. The summed E-state index contributed by atoms with van der Waals surface area (Å²) in [6.07, 6.45) is -0.252. The minimum absolute atomic E-state index is 0.252. The van der Waals surface area contributed by atoms with Crippen LogP contribution in [0.1, 0.15) is 18.0 Å². The summed E-state index contributed by atoms with van der Waals surface area (Å²) in [6, 6.07) is 18.3. The number of benzene rings is 2. The van der Waals surface area contributed by atoms with Crippen LogP contribution in [0.25, 0.3) is 0 Å². The normalized spacial score (nSPS) is 11.5. The third-order valence-electron chi connectivity index (χ3n) is 3.10. The summed E-state index contributed by atoms with van der Waals surface area (Å²) in [5.74, 6) is 0.761. The first-order valence-corrected chi connectivity index (χ1v) is 8.20. The molecule has 1 heterocycles. The Morgan fingerprint density at radius 1 is 1.00 bits per heavy atom. The van der Waals surface area contributed by atoms with Crippen LogP contribution in [0.15, 0.2) is 60.7 Å². The van der Waals surface area contributed by atoms with Gasteiger partial charge in [-0.05, 0) is 31.2 Å². The minimum Gasteiger partial charge on any atom is -0.483 e. The maximum absolute atomic E-state index is 11.9. The van der Waals surface area contributed by atoms with Crippen LogP contribution < -0.4 is 15.4 Å². The van der Waals surface area contributed by atoms with Gasteiger partial charge < -0.3 is 10.1 Å². The summed E-state index contributed by atoms with van der Waals surface area (Å²) in [5, 5.41) is 14.6. The Kier molecular flexibility index (Phi) is 5.02. The van der Waals surface area contributed by atoms with Crippen LogP contribution in [-0.4, -0.2) is 16.2 Å². The molecule has 0 unspecified atom stereocenters. The quantitative estimate of drug-likeness (QED) is 0.725. The van der Waals surface area contributed by atoms with Crippen molar-refractivity contribution in [3.63, 3.8) is 0 Å². The molecule has 0 aliphatic heterocycles. The number of urea groups is 1. The number of nitrogens with one attached hydrogen (secondary N) is 2. The summed E-state index contributed by atoms with van der Waals surface area (Å²) in [6.45, 7) is 1.89. The molecule has 0 fully saturated rings. The van der Waals surface area contributed by atoms with E-state index < -0.39 is 0 Å². The van der Waals surface area contributed by atoms with Gasteiger partial charge in [0.15, 0.2) is 5.01 Å². The highest BCUT2D eigenvalue weighted by molar-refractivity contribution is 7.15. The van der Waals surface area contributed by atoms with E-state index in [0.717, 1.165) is 5.75 Å². The topological polar surface area (TPSA) is 76.1 Å². The number of amides is 2. The maximum atomic E-state index is 11.9. The van der Waals surface area contributed by atoms with E-state index in [9.17, 15) is 4.79 Å². The first kappa shape index (κ1) is 15.9. The highest BCUT2D eigenvalue weighted by Gasteiger charge is 2.15. The Balaban J connectivity index is 1.58. The van der Waals surface area contributed by atoms with Gasteiger partial charge in [-0.1, -0.05) is 47.7 Å². The zero-order valence-corrected chi connectivity index (χ0v) is 13.8. The maximum Gasteiger partial charge on any atom is 0.325 e.